The molecule has 3 aromatic heterocycles. The van der Waals surface area contributed by atoms with Gasteiger partial charge in [-0.2, -0.15) is 13.2 Å². The van der Waals surface area contributed by atoms with E-state index in [9.17, 15) is 18.0 Å². The lowest BCUT2D eigenvalue weighted by Crippen LogP contribution is -2.15. The van der Waals surface area contributed by atoms with Crippen LogP contribution in [0.5, 0.6) is 0 Å². The van der Waals surface area contributed by atoms with Gasteiger partial charge >= 0.3 is 6.18 Å². The van der Waals surface area contributed by atoms with Crippen molar-refractivity contribution in [1.29, 1.82) is 0 Å². The number of carbonyl (C=O) groups is 1. The quantitative estimate of drug-likeness (QED) is 0.386. The predicted molar refractivity (Wildman–Crippen MR) is 118 cm³/mol. The van der Waals surface area contributed by atoms with Crippen molar-refractivity contribution in [3.8, 4) is 0 Å². The lowest BCUT2D eigenvalue weighted by Gasteiger charge is -2.07. The monoisotopic (exact) mass is 462 g/mol. The van der Waals surface area contributed by atoms with Crippen LogP contribution in [0.2, 0.25) is 0 Å². The molecule has 10 heteroatoms. The van der Waals surface area contributed by atoms with Gasteiger partial charge in [0.25, 0.3) is 5.91 Å². The van der Waals surface area contributed by atoms with Crippen molar-refractivity contribution in [2.75, 3.05) is 5.32 Å². The molecule has 1 aromatic carbocycles. The number of anilines is 1. The maximum atomic E-state index is 12.9. The van der Waals surface area contributed by atoms with E-state index in [4.69, 9.17) is 0 Å². The van der Waals surface area contributed by atoms with E-state index in [1.807, 2.05) is 31.2 Å². The summed E-state index contributed by atoms with van der Waals surface area (Å²) in [7, 11) is 0. The third-order valence-corrected chi connectivity index (χ3v) is 6.25. The number of hydrogen-bond donors (Lipinski definition) is 1. The zero-order chi connectivity index (χ0) is 22.2. The molecule has 3 heterocycles. The van der Waals surface area contributed by atoms with Crippen LogP contribution in [0.3, 0.4) is 0 Å². The summed E-state index contributed by atoms with van der Waals surface area (Å²) < 4.78 is 40.0. The highest BCUT2D eigenvalue weighted by atomic mass is 32.1. The van der Waals surface area contributed by atoms with Crippen LogP contribution in [0.25, 0.3) is 17.1 Å². The van der Waals surface area contributed by atoms with Crippen molar-refractivity contribution in [1.82, 2.24) is 14.4 Å². The van der Waals surface area contributed by atoms with E-state index in [0.717, 1.165) is 28.7 Å². The first kappa shape index (κ1) is 21.3. The molecule has 4 aromatic rings. The van der Waals surface area contributed by atoms with Gasteiger partial charge in [0.2, 0.25) is 0 Å². The van der Waals surface area contributed by atoms with E-state index in [2.05, 4.69) is 22.2 Å². The molecule has 4 rings (SSSR count). The maximum absolute atomic E-state index is 12.9. The summed E-state index contributed by atoms with van der Waals surface area (Å²) >= 11 is 2.09. The van der Waals surface area contributed by atoms with Crippen LogP contribution in [0, 0.1) is 6.92 Å². The normalized spacial score (nSPS) is 12.2. The topological polar surface area (TPSA) is 59.3 Å². The Bertz CT molecular complexity index is 1280. The van der Waals surface area contributed by atoms with E-state index in [1.54, 1.807) is 22.1 Å². The number of imidazole rings is 1. The molecule has 0 saturated heterocycles. The van der Waals surface area contributed by atoms with E-state index >= 15 is 0 Å². The average molecular weight is 463 g/mol. The third-order valence-electron chi connectivity index (χ3n) is 4.74. The van der Waals surface area contributed by atoms with Crippen LogP contribution in [-0.4, -0.2) is 20.3 Å². The number of alkyl halides is 3. The molecule has 0 radical (unpaired) electrons. The highest BCUT2D eigenvalue weighted by Gasteiger charge is 2.34. The largest absolute Gasteiger partial charge is 0.434 e. The Balaban J connectivity index is 1.68. The minimum atomic E-state index is -4.56. The Morgan fingerprint density at radius 3 is 2.74 bits per heavy atom. The van der Waals surface area contributed by atoms with E-state index in [1.165, 1.54) is 22.5 Å². The second kappa shape index (κ2) is 8.27. The number of aromatic nitrogens is 3. The molecule has 1 amide bonds. The number of nitrogens with zero attached hydrogens (tertiary/aromatic N) is 3. The van der Waals surface area contributed by atoms with Gasteiger partial charge in [0.05, 0.1) is 5.69 Å². The van der Waals surface area contributed by atoms with Gasteiger partial charge in [-0.3, -0.25) is 14.5 Å². The summed E-state index contributed by atoms with van der Waals surface area (Å²) in [6, 6.07) is 6.01. The van der Waals surface area contributed by atoms with Crippen molar-refractivity contribution in [3.05, 3.63) is 68.9 Å². The van der Waals surface area contributed by atoms with Gasteiger partial charge < -0.3 is 0 Å². The van der Waals surface area contributed by atoms with Crippen molar-refractivity contribution in [2.24, 2.45) is 0 Å². The Hall–Kier alpha value is -2.98. The zero-order valence-electron chi connectivity index (χ0n) is 16.5. The van der Waals surface area contributed by atoms with Gasteiger partial charge in [0.1, 0.15) is 5.69 Å². The van der Waals surface area contributed by atoms with Crippen molar-refractivity contribution >= 4 is 50.8 Å². The molecule has 0 aliphatic rings. The highest BCUT2D eigenvalue weighted by molar-refractivity contribution is 7.15. The molecule has 0 fully saturated rings. The van der Waals surface area contributed by atoms with E-state index in [-0.39, 0.29) is 10.8 Å². The fourth-order valence-electron chi connectivity index (χ4n) is 3.29. The van der Waals surface area contributed by atoms with Gasteiger partial charge in [0.15, 0.2) is 15.8 Å². The van der Waals surface area contributed by atoms with Crippen molar-refractivity contribution < 1.29 is 18.0 Å². The Morgan fingerprint density at radius 1 is 1.23 bits per heavy atom. The third kappa shape index (κ3) is 4.26. The van der Waals surface area contributed by atoms with Crippen LogP contribution in [0.4, 0.5) is 18.3 Å². The molecular formula is C21H17F3N4OS2. The Kier molecular flexibility index (Phi) is 5.67. The van der Waals surface area contributed by atoms with E-state index in [0.29, 0.717) is 10.7 Å². The molecule has 31 heavy (non-hydrogen) atoms. The number of amides is 1. The second-order valence-corrected chi connectivity index (χ2v) is 8.45. The standard InChI is InChI=1S/C21H17F3N4OS2/c1-3-14-12(2)5-4-6-13(14)7-8-15-17(28-9-10-30-20(28)25-15)18(29)27-19-26-16(11-31-19)21(22,23)24/h4-11H,3H2,1-2H3,(H,26,27,29). The number of rotatable bonds is 5. The SMILES string of the molecule is CCc1c(C)cccc1C=Cc1nc2sccn2c1C(=O)Nc1nc(C(F)(F)F)cs1. The summed E-state index contributed by atoms with van der Waals surface area (Å²) in [6.07, 6.45) is 1.66. The molecular weight excluding hydrogens is 445 g/mol. The highest BCUT2D eigenvalue weighted by Crippen LogP contribution is 2.32. The molecule has 5 nitrogen and oxygen atoms in total. The molecule has 0 aliphatic heterocycles. The molecule has 0 unspecified atom stereocenters. The number of benzene rings is 1. The summed E-state index contributed by atoms with van der Waals surface area (Å²) in [6.45, 7) is 4.12. The summed E-state index contributed by atoms with van der Waals surface area (Å²) in [5, 5.41) is 5.00. The molecule has 1 N–H and O–H groups in total. The van der Waals surface area contributed by atoms with Crippen LogP contribution in [0.1, 0.15) is 45.5 Å². The first-order chi connectivity index (χ1) is 14.8. The van der Waals surface area contributed by atoms with Crippen LogP contribution < -0.4 is 5.32 Å². The molecule has 0 spiro atoms. The number of thiazole rings is 2. The minimum Gasteiger partial charge on any atom is -0.296 e. The number of halogens is 3. The minimum absolute atomic E-state index is 0.121. The molecule has 0 atom stereocenters. The zero-order valence-corrected chi connectivity index (χ0v) is 18.2. The smallest absolute Gasteiger partial charge is 0.296 e. The first-order valence-electron chi connectivity index (χ1n) is 9.34. The number of nitrogens with one attached hydrogen (secondary N) is 1. The summed E-state index contributed by atoms with van der Waals surface area (Å²) in [4.78, 5) is 21.5. The van der Waals surface area contributed by atoms with E-state index < -0.39 is 17.8 Å². The average Bonchev–Trinajstić information content (AvgIpc) is 3.41. The molecule has 0 saturated carbocycles. The Morgan fingerprint density at radius 2 is 2.03 bits per heavy atom. The van der Waals surface area contributed by atoms with Gasteiger partial charge in [-0.25, -0.2) is 9.97 Å². The van der Waals surface area contributed by atoms with Gasteiger partial charge in [0, 0.05) is 17.0 Å². The lowest BCUT2D eigenvalue weighted by atomic mass is 9.99. The molecule has 160 valence electrons. The van der Waals surface area contributed by atoms with Crippen LogP contribution in [0.15, 0.2) is 35.2 Å². The fraction of sp³-hybridized carbons (Fsp3) is 0.190. The van der Waals surface area contributed by atoms with Gasteiger partial charge in [-0.05, 0) is 36.1 Å². The first-order valence-corrected chi connectivity index (χ1v) is 11.1. The lowest BCUT2D eigenvalue weighted by molar-refractivity contribution is -0.140. The van der Waals surface area contributed by atoms with Gasteiger partial charge in [-0.15, -0.1) is 22.7 Å². The van der Waals surface area contributed by atoms with Gasteiger partial charge in [-0.1, -0.05) is 31.2 Å². The van der Waals surface area contributed by atoms with Crippen molar-refractivity contribution in [3.63, 3.8) is 0 Å². The number of fused-ring (bicyclic) bond motifs is 1. The number of hydrogen-bond acceptors (Lipinski definition) is 5. The predicted octanol–water partition coefficient (Wildman–Crippen LogP) is 6.16. The maximum Gasteiger partial charge on any atom is 0.434 e. The van der Waals surface area contributed by atoms with Crippen LogP contribution >= 0.6 is 22.7 Å². The van der Waals surface area contributed by atoms with Crippen molar-refractivity contribution in [2.45, 2.75) is 26.4 Å². The molecule has 0 bridgehead atoms. The van der Waals surface area contributed by atoms with Crippen LogP contribution in [-0.2, 0) is 12.6 Å². The fourth-order valence-corrected chi connectivity index (χ4v) is 4.73. The number of carbonyl (C=O) groups excluding carboxylic acids is 1. The number of aryl methyl sites for hydroxylation is 1. The summed E-state index contributed by atoms with van der Waals surface area (Å²) in [5.74, 6) is -0.575. The summed E-state index contributed by atoms with van der Waals surface area (Å²) in [5.41, 5.74) is 3.04. The Labute approximate surface area is 183 Å². The second-order valence-electron chi connectivity index (χ2n) is 6.72. The molecule has 0 aliphatic carbocycles.